The zero-order chi connectivity index (χ0) is 13.5. The zero-order valence-corrected chi connectivity index (χ0v) is 10.4. The van der Waals surface area contributed by atoms with E-state index in [0.29, 0.717) is 19.5 Å². The number of likely N-dealkylation sites (tertiary alicyclic amines) is 1. The molecule has 1 amide bonds. The highest BCUT2D eigenvalue weighted by molar-refractivity contribution is 5.77. The average Bonchev–Trinajstić information content (AvgIpc) is 3.11. The van der Waals surface area contributed by atoms with E-state index in [1.807, 2.05) is 30.3 Å². The lowest BCUT2D eigenvalue weighted by Crippen LogP contribution is -2.53. The van der Waals surface area contributed by atoms with Gasteiger partial charge >= 0.3 is 12.1 Å². The van der Waals surface area contributed by atoms with Crippen molar-refractivity contribution in [2.75, 3.05) is 13.1 Å². The number of rotatable bonds is 3. The Morgan fingerprint density at radius 3 is 2.58 bits per heavy atom. The van der Waals surface area contributed by atoms with Gasteiger partial charge in [0.15, 0.2) is 0 Å². The Morgan fingerprint density at radius 1 is 1.32 bits per heavy atom. The molecule has 1 aliphatic carbocycles. The molecule has 5 heteroatoms. The van der Waals surface area contributed by atoms with Crippen LogP contribution in [0.1, 0.15) is 12.0 Å². The minimum Gasteiger partial charge on any atom is -0.481 e. The molecule has 1 aromatic rings. The molecule has 1 N–H and O–H groups in total. The molecule has 1 spiro atoms. The molecule has 2 fully saturated rings. The summed E-state index contributed by atoms with van der Waals surface area (Å²) in [5.74, 6) is -1.03. The van der Waals surface area contributed by atoms with E-state index in [4.69, 9.17) is 9.84 Å². The summed E-state index contributed by atoms with van der Waals surface area (Å²) < 4.78 is 5.19. The van der Waals surface area contributed by atoms with Gasteiger partial charge in [-0.25, -0.2) is 4.79 Å². The van der Waals surface area contributed by atoms with E-state index in [9.17, 15) is 9.59 Å². The lowest BCUT2D eigenvalue weighted by atomic mass is 9.94. The average molecular weight is 261 g/mol. The largest absolute Gasteiger partial charge is 0.481 e. The molecule has 5 nitrogen and oxygen atoms in total. The molecule has 2 aliphatic rings. The molecule has 1 aromatic carbocycles. The minimum atomic E-state index is -0.752. The zero-order valence-electron chi connectivity index (χ0n) is 10.4. The second-order valence-corrected chi connectivity index (χ2v) is 5.35. The fourth-order valence-electron chi connectivity index (χ4n) is 2.70. The standard InChI is InChI=1S/C14H15NO4/c16-12(17)11-6-14(11)8-15(9-14)13(18)19-7-10-4-2-1-3-5-10/h1-5,11H,6-9H2,(H,16,17)/t11-/m0/s1. The van der Waals surface area contributed by atoms with Crippen LogP contribution >= 0.6 is 0 Å². The highest BCUT2D eigenvalue weighted by atomic mass is 16.6. The molecule has 0 radical (unpaired) electrons. The molecular formula is C14H15NO4. The van der Waals surface area contributed by atoms with Gasteiger partial charge in [-0.15, -0.1) is 0 Å². The van der Waals surface area contributed by atoms with E-state index in [0.717, 1.165) is 5.56 Å². The number of carboxylic acids is 1. The maximum atomic E-state index is 11.7. The first-order chi connectivity index (χ1) is 9.11. The monoisotopic (exact) mass is 261 g/mol. The van der Waals surface area contributed by atoms with Crippen molar-refractivity contribution >= 4 is 12.1 Å². The second-order valence-electron chi connectivity index (χ2n) is 5.35. The van der Waals surface area contributed by atoms with Crippen LogP contribution < -0.4 is 0 Å². The number of carboxylic acid groups (broad SMARTS) is 1. The van der Waals surface area contributed by atoms with Gasteiger partial charge in [0.1, 0.15) is 6.61 Å². The summed E-state index contributed by atoms with van der Waals surface area (Å²) in [7, 11) is 0. The molecule has 100 valence electrons. The van der Waals surface area contributed by atoms with Gasteiger partial charge in [0.05, 0.1) is 5.92 Å². The predicted octanol–water partition coefficient (Wildman–Crippen LogP) is 1.73. The first kappa shape index (κ1) is 12.0. The van der Waals surface area contributed by atoms with Gasteiger partial charge in [-0.2, -0.15) is 0 Å². The molecule has 1 heterocycles. The van der Waals surface area contributed by atoms with Gasteiger partial charge in [-0.05, 0) is 12.0 Å². The van der Waals surface area contributed by atoms with Crippen molar-refractivity contribution < 1.29 is 19.4 Å². The number of benzene rings is 1. The van der Waals surface area contributed by atoms with Crippen molar-refractivity contribution in [3.8, 4) is 0 Å². The first-order valence-electron chi connectivity index (χ1n) is 6.29. The molecule has 1 atom stereocenters. The quantitative estimate of drug-likeness (QED) is 0.899. The Morgan fingerprint density at radius 2 is 2.00 bits per heavy atom. The number of aliphatic carboxylic acids is 1. The summed E-state index contributed by atoms with van der Waals surface area (Å²) in [6, 6.07) is 9.48. The third-order valence-electron chi connectivity index (χ3n) is 3.96. The Kier molecular flexibility index (Phi) is 2.69. The molecule has 0 unspecified atom stereocenters. The minimum absolute atomic E-state index is 0.155. The van der Waals surface area contributed by atoms with Gasteiger partial charge in [0.2, 0.25) is 0 Å². The second kappa shape index (κ2) is 4.26. The van der Waals surface area contributed by atoms with Crippen molar-refractivity contribution in [2.45, 2.75) is 13.0 Å². The third kappa shape index (κ3) is 2.16. The van der Waals surface area contributed by atoms with Crippen molar-refractivity contribution in [2.24, 2.45) is 11.3 Å². The van der Waals surface area contributed by atoms with E-state index in [-0.39, 0.29) is 24.0 Å². The Labute approximate surface area is 110 Å². The fraction of sp³-hybridized carbons (Fsp3) is 0.429. The number of hydrogen-bond donors (Lipinski definition) is 1. The van der Waals surface area contributed by atoms with Gasteiger partial charge in [0, 0.05) is 18.5 Å². The predicted molar refractivity (Wildman–Crippen MR) is 66.4 cm³/mol. The van der Waals surface area contributed by atoms with Gasteiger partial charge in [0.25, 0.3) is 0 Å². The topological polar surface area (TPSA) is 66.8 Å². The molecule has 0 bridgehead atoms. The van der Waals surface area contributed by atoms with Crippen LogP contribution in [0, 0.1) is 11.3 Å². The molecule has 1 saturated heterocycles. The molecule has 19 heavy (non-hydrogen) atoms. The van der Waals surface area contributed by atoms with Crippen molar-refractivity contribution in [3.63, 3.8) is 0 Å². The van der Waals surface area contributed by atoms with Crippen LogP contribution in [0.3, 0.4) is 0 Å². The van der Waals surface area contributed by atoms with E-state index in [1.54, 1.807) is 4.90 Å². The number of carbonyl (C=O) groups is 2. The summed E-state index contributed by atoms with van der Waals surface area (Å²) in [6.07, 6.45) is 0.329. The van der Waals surface area contributed by atoms with Crippen molar-refractivity contribution in [3.05, 3.63) is 35.9 Å². The Bertz CT molecular complexity index is 507. The van der Waals surface area contributed by atoms with E-state index >= 15 is 0 Å². The third-order valence-corrected chi connectivity index (χ3v) is 3.96. The van der Waals surface area contributed by atoms with E-state index < -0.39 is 5.97 Å². The van der Waals surface area contributed by atoms with Crippen LogP contribution in [0.2, 0.25) is 0 Å². The van der Waals surface area contributed by atoms with Gasteiger partial charge in [-0.1, -0.05) is 30.3 Å². The Hall–Kier alpha value is -2.04. The highest BCUT2D eigenvalue weighted by Gasteiger charge is 2.66. The molecular weight excluding hydrogens is 246 g/mol. The SMILES string of the molecule is O=C(O)[C@@H]1CC12CN(C(=O)OCc1ccccc1)C2. The molecule has 1 aliphatic heterocycles. The molecule has 0 aromatic heterocycles. The van der Waals surface area contributed by atoms with Crippen LogP contribution in [0.15, 0.2) is 30.3 Å². The number of amides is 1. The fourth-order valence-corrected chi connectivity index (χ4v) is 2.70. The summed E-state index contributed by atoms with van der Waals surface area (Å²) >= 11 is 0. The summed E-state index contributed by atoms with van der Waals surface area (Å²) in [5, 5.41) is 8.90. The number of ether oxygens (including phenoxy) is 1. The van der Waals surface area contributed by atoms with Crippen LogP contribution in [0.4, 0.5) is 4.79 Å². The smallest absolute Gasteiger partial charge is 0.410 e. The van der Waals surface area contributed by atoms with Crippen LogP contribution in [0.5, 0.6) is 0 Å². The summed E-state index contributed by atoms with van der Waals surface area (Å²) in [5.41, 5.74) is 0.790. The van der Waals surface area contributed by atoms with Crippen LogP contribution in [-0.2, 0) is 16.1 Å². The number of carbonyl (C=O) groups excluding carboxylic acids is 1. The van der Waals surface area contributed by atoms with Gasteiger partial charge in [-0.3, -0.25) is 4.79 Å². The maximum absolute atomic E-state index is 11.7. The van der Waals surface area contributed by atoms with Crippen LogP contribution in [-0.4, -0.2) is 35.2 Å². The lowest BCUT2D eigenvalue weighted by molar-refractivity contribution is -0.140. The first-order valence-corrected chi connectivity index (χ1v) is 6.29. The number of hydrogen-bond acceptors (Lipinski definition) is 3. The number of nitrogens with zero attached hydrogens (tertiary/aromatic N) is 1. The molecule has 3 rings (SSSR count). The highest BCUT2D eigenvalue weighted by Crippen LogP contribution is 2.58. The maximum Gasteiger partial charge on any atom is 0.410 e. The molecule has 1 saturated carbocycles. The summed E-state index contributed by atoms with van der Waals surface area (Å²) in [6.45, 7) is 1.28. The summed E-state index contributed by atoms with van der Waals surface area (Å²) in [4.78, 5) is 24.1. The van der Waals surface area contributed by atoms with Crippen molar-refractivity contribution in [1.82, 2.24) is 4.90 Å². The lowest BCUT2D eigenvalue weighted by Gasteiger charge is -2.39. The van der Waals surface area contributed by atoms with E-state index in [2.05, 4.69) is 0 Å². The van der Waals surface area contributed by atoms with E-state index in [1.165, 1.54) is 0 Å². The Balaban J connectivity index is 1.45. The normalized spacial score (nSPS) is 22.7. The van der Waals surface area contributed by atoms with Crippen molar-refractivity contribution in [1.29, 1.82) is 0 Å². The van der Waals surface area contributed by atoms with Gasteiger partial charge < -0.3 is 14.7 Å². The van der Waals surface area contributed by atoms with Crippen LogP contribution in [0.25, 0.3) is 0 Å².